The van der Waals surface area contributed by atoms with Crippen molar-refractivity contribution in [2.75, 3.05) is 34.9 Å². The molecule has 10 nitrogen and oxygen atoms in total. The van der Waals surface area contributed by atoms with E-state index in [4.69, 9.17) is 37.9 Å². The van der Waals surface area contributed by atoms with E-state index >= 15 is 0 Å². The first-order valence-corrected chi connectivity index (χ1v) is 11.7. The van der Waals surface area contributed by atoms with Gasteiger partial charge in [0.2, 0.25) is 0 Å². The highest BCUT2D eigenvalue weighted by atomic mass is 16.8. The first-order chi connectivity index (χ1) is 17.2. The highest BCUT2D eigenvalue weighted by molar-refractivity contribution is 5.97. The maximum atomic E-state index is 13.4. The molecule has 2 aliphatic heterocycles. The maximum Gasteiger partial charge on any atom is 0.342 e. The van der Waals surface area contributed by atoms with Gasteiger partial charge in [-0.2, -0.15) is 0 Å². The number of aliphatic hydroxyl groups excluding tert-OH is 1. The third-order valence-electron chi connectivity index (χ3n) is 5.73. The molecular weight excluding hydrogens is 472 g/mol. The second-order valence-electron chi connectivity index (χ2n) is 8.94. The van der Waals surface area contributed by atoms with Gasteiger partial charge in [-0.05, 0) is 38.8 Å². The molecule has 1 fully saturated rings. The number of cyclic esters (lactones) is 1. The van der Waals surface area contributed by atoms with Crippen molar-refractivity contribution in [2.24, 2.45) is 0 Å². The number of methoxy groups -OCH3 is 3. The monoisotopic (exact) mass is 508 g/mol. The second kappa shape index (κ2) is 12.7. The normalized spacial score (nSPS) is 29.0. The summed E-state index contributed by atoms with van der Waals surface area (Å²) in [6, 6.07) is 3.31. The molecular formula is C26H36O10. The number of aliphatic hydroxyl groups is 1. The van der Waals surface area contributed by atoms with E-state index in [1.165, 1.54) is 21.3 Å². The quantitative estimate of drug-likeness (QED) is 0.335. The fourth-order valence-corrected chi connectivity index (χ4v) is 4.10. The molecule has 2 aliphatic rings. The minimum atomic E-state index is -0.980. The van der Waals surface area contributed by atoms with E-state index in [1.807, 2.05) is 6.08 Å². The van der Waals surface area contributed by atoms with Crippen molar-refractivity contribution >= 4 is 12.0 Å². The summed E-state index contributed by atoms with van der Waals surface area (Å²) in [6.45, 7) is 5.18. The summed E-state index contributed by atoms with van der Waals surface area (Å²) in [5, 5.41) is 10.9. The van der Waals surface area contributed by atoms with Crippen molar-refractivity contribution in [1.82, 2.24) is 0 Å². The Morgan fingerprint density at radius 2 is 1.83 bits per heavy atom. The predicted octanol–water partition coefficient (Wildman–Crippen LogP) is 3.07. The van der Waals surface area contributed by atoms with Gasteiger partial charge in [0.05, 0.1) is 13.2 Å². The molecule has 2 unspecified atom stereocenters. The van der Waals surface area contributed by atoms with Crippen molar-refractivity contribution in [1.29, 1.82) is 0 Å². The van der Waals surface area contributed by atoms with Gasteiger partial charge in [0.25, 0.3) is 0 Å². The number of esters is 1. The summed E-state index contributed by atoms with van der Waals surface area (Å²) in [4.78, 5) is 13.4. The molecule has 1 aromatic rings. The van der Waals surface area contributed by atoms with Crippen LogP contribution < -0.4 is 9.47 Å². The molecule has 2 heterocycles. The zero-order valence-corrected chi connectivity index (χ0v) is 21.6. The Kier molecular flexibility index (Phi) is 9.89. The molecule has 0 aliphatic carbocycles. The van der Waals surface area contributed by atoms with Crippen molar-refractivity contribution in [3.8, 4) is 11.5 Å². The first kappa shape index (κ1) is 28.1. The smallest absolute Gasteiger partial charge is 0.342 e. The number of carbonyl (C=O) groups excluding carboxylic acids is 1. The lowest BCUT2D eigenvalue weighted by molar-refractivity contribution is -0.152. The number of ether oxygens (including phenoxy) is 8. The fourth-order valence-electron chi connectivity index (χ4n) is 4.10. The topological polar surface area (TPSA) is 111 Å². The Labute approximate surface area is 211 Å². The summed E-state index contributed by atoms with van der Waals surface area (Å²) in [5.41, 5.74) is 0.734. The van der Waals surface area contributed by atoms with Gasteiger partial charge in [0.15, 0.2) is 12.6 Å². The molecule has 0 saturated carbocycles. The van der Waals surface area contributed by atoms with Crippen LogP contribution >= 0.6 is 0 Å². The van der Waals surface area contributed by atoms with Crippen LogP contribution in [0.25, 0.3) is 6.08 Å². The molecule has 3 rings (SSSR count). The molecule has 1 saturated heterocycles. The zero-order chi connectivity index (χ0) is 26.3. The summed E-state index contributed by atoms with van der Waals surface area (Å²) in [6.07, 6.45) is 3.76. The average molecular weight is 509 g/mol. The second-order valence-corrected chi connectivity index (χ2v) is 8.94. The van der Waals surface area contributed by atoms with Gasteiger partial charge in [0.1, 0.15) is 48.3 Å². The molecule has 1 N–H and O–H groups in total. The van der Waals surface area contributed by atoms with Crippen LogP contribution in [0, 0.1) is 0 Å². The van der Waals surface area contributed by atoms with Gasteiger partial charge in [-0.3, -0.25) is 0 Å². The number of rotatable bonds is 7. The molecule has 1 aromatic carbocycles. The molecule has 5 atom stereocenters. The van der Waals surface area contributed by atoms with Crippen LogP contribution in [0.5, 0.6) is 11.5 Å². The molecule has 10 heteroatoms. The molecule has 0 radical (unpaired) electrons. The Hall–Kier alpha value is -2.47. The van der Waals surface area contributed by atoms with Crippen molar-refractivity contribution < 1.29 is 47.8 Å². The summed E-state index contributed by atoms with van der Waals surface area (Å²) in [5.74, 6) is -0.745. The Morgan fingerprint density at radius 3 is 2.53 bits per heavy atom. The van der Waals surface area contributed by atoms with Crippen LogP contribution in [-0.4, -0.2) is 82.3 Å². The largest absolute Gasteiger partial charge is 0.497 e. The third kappa shape index (κ3) is 7.06. The molecule has 0 amide bonds. The van der Waals surface area contributed by atoms with E-state index in [9.17, 15) is 9.90 Å². The van der Waals surface area contributed by atoms with Crippen molar-refractivity contribution in [3.05, 3.63) is 41.5 Å². The van der Waals surface area contributed by atoms with Crippen LogP contribution in [0.4, 0.5) is 0 Å². The van der Waals surface area contributed by atoms with E-state index in [0.29, 0.717) is 17.7 Å². The highest BCUT2D eigenvalue weighted by Gasteiger charge is 2.43. The fraction of sp³-hybridized carbons (Fsp3) is 0.577. The maximum absolute atomic E-state index is 13.4. The van der Waals surface area contributed by atoms with Gasteiger partial charge in [-0.25, -0.2) is 4.79 Å². The molecule has 200 valence electrons. The van der Waals surface area contributed by atoms with E-state index in [1.54, 1.807) is 51.1 Å². The number of carbonyl (C=O) groups is 1. The van der Waals surface area contributed by atoms with Gasteiger partial charge in [-0.15, -0.1) is 0 Å². The van der Waals surface area contributed by atoms with E-state index in [0.717, 1.165) is 0 Å². The lowest BCUT2D eigenvalue weighted by Crippen LogP contribution is -2.35. The molecule has 0 aromatic heterocycles. The minimum Gasteiger partial charge on any atom is -0.497 e. The minimum absolute atomic E-state index is 0.0373. The van der Waals surface area contributed by atoms with Crippen LogP contribution in [0.1, 0.15) is 43.1 Å². The van der Waals surface area contributed by atoms with Gasteiger partial charge < -0.3 is 43.0 Å². The van der Waals surface area contributed by atoms with Gasteiger partial charge >= 0.3 is 5.97 Å². The standard InChI is InChI=1S/C26H36O10/c1-16-20(32-14-29-4)11-10-19(27)24-21(35-26(2,3)36-24)9-7-8-17-12-18(31-6)13-22(33-15-30-5)23(17)25(28)34-16/h7-8,10-13,16,19-21,24,27H,9,14-15H2,1-6H3/b8-7?,11-10-/t16-,19?,20+,21-,24?/m0/s1. The summed E-state index contributed by atoms with van der Waals surface area (Å²) in [7, 11) is 4.50. The van der Waals surface area contributed by atoms with Crippen LogP contribution in [0.3, 0.4) is 0 Å². The first-order valence-electron chi connectivity index (χ1n) is 11.7. The number of hydrogen-bond acceptors (Lipinski definition) is 10. The van der Waals surface area contributed by atoms with E-state index < -0.39 is 42.3 Å². The average Bonchev–Trinajstić information content (AvgIpc) is 3.15. The summed E-state index contributed by atoms with van der Waals surface area (Å²) >= 11 is 0. The Morgan fingerprint density at radius 1 is 1.08 bits per heavy atom. The van der Waals surface area contributed by atoms with E-state index in [-0.39, 0.29) is 24.9 Å². The van der Waals surface area contributed by atoms with Gasteiger partial charge in [0, 0.05) is 20.3 Å². The third-order valence-corrected chi connectivity index (χ3v) is 5.73. The molecule has 36 heavy (non-hydrogen) atoms. The van der Waals surface area contributed by atoms with E-state index in [2.05, 4.69) is 0 Å². The van der Waals surface area contributed by atoms with Crippen molar-refractivity contribution in [2.45, 2.75) is 63.5 Å². The molecule has 0 bridgehead atoms. The number of fused-ring (bicyclic) bond motifs is 2. The highest BCUT2D eigenvalue weighted by Crippen LogP contribution is 2.34. The predicted molar refractivity (Wildman–Crippen MR) is 130 cm³/mol. The van der Waals surface area contributed by atoms with Crippen LogP contribution in [0.2, 0.25) is 0 Å². The van der Waals surface area contributed by atoms with Crippen LogP contribution in [0.15, 0.2) is 30.4 Å². The Bertz CT molecular complexity index is 941. The number of hydrogen-bond donors (Lipinski definition) is 1. The SMILES string of the molecule is COCOc1cc(OC)cc2c1C(=O)O[C@@H](C)[C@H](OCOC)/C=C\C(O)C1OC(C)(C)O[C@H]1CC=C2. The lowest BCUT2D eigenvalue weighted by Gasteiger charge is -2.24. The zero-order valence-electron chi connectivity index (χ0n) is 21.6. The summed E-state index contributed by atoms with van der Waals surface area (Å²) < 4.78 is 44.7. The Balaban J connectivity index is 2.07. The van der Waals surface area contributed by atoms with Gasteiger partial charge in [-0.1, -0.05) is 24.3 Å². The van der Waals surface area contributed by atoms with Crippen LogP contribution in [-0.2, 0) is 28.4 Å². The van der Waals surface area contributed by atoms with Crippen molar-refractivity contribution in [3.63, 3.8) is 0 Å². The molecule has 0 spiro atoms. The number of benzene rings is 1. The lowest BCUT2D eigenvalue weighted by atomic mass is 10.0.